The minimum absolute atomic E-state index is 0.170. The Morgan fingerprint density at radius 2 is 1.82 bits per heavy atom. The zero-order valence-electron chi connectivity index (χ0n) is 18.7. The monoisotopic (exact) mass is 498 g/mol. The lowest BCUT2D eigenvalue weighted by molar-refractivity contribution is -0.116. The molecule has 0 radical (unpaired) electrons. The minimum atomic E-state index is -0.687. The van der Waals surface area contributed by atoms with Crippen molar-refractivity contribution >= 4 is 45.0 Å². The summed E-state index contributed by atoms with van der Waals surface area (Å²) in [5, 5.41) is 2.79. The molecular weight excluding hydrogens is 476 g/mol. The van der Waals surface area contributed by atoms with Gasteiger partial charge in [0.15, 0.2) is 9.99 Å². The number of para-hydroxylation sites is 4. The lowest BCUT2D eigenvalue weighted by Gasteiger charge is -2.14. The highest BCUT2D eigenvalue weighted by Gasteiger charge is 2.22. The average Bonchev–Trinajstić information content (AvgIpc) is 3.28. The van der Waals surface area contributed by atoms with E-state index in [-0.39, 0.29) is 22.6 Å². The highest BCUT2D eigenvalue weighted by atomic mass is 32.2. The molecule has 0 fully saturated rings. The fourth-order valence-corrected chi connectivity index (χ4v) is 4.95. The second kappa shape index (κ2) is 10.1. The summed E-state index contributed by atoms with van der Waals surface area (Å²) < 4.78 is 14.0. The van der Waals surface area contributed by atoms with Gasteiger partial charge < -0.3 is 14.8 Å². The Morgan fingerprint density at radius 1 is 1.12 bits per heavy atom. The highest BCUT2D eigenvalue weighted by Crippen LogP contribution is 2.27. The van der Waals surface area contributed by atoms with Gasteiger partial charge in [0.2, 0.25) is 5.91 Å². The van der Waals surface area contributed by atoms with Crippen LogP contribution in [0.1, 0.15) is 6.92 Å². The summed E-state index contributed by atoms with van der Waals surface area (Å²) >= 11 is 2.53. The zero-order chi connectivity index (χ0) is 24.2. The van der Waals surface area contributed by atoms with Crippen molar-refractivity contribution in [3.05, 3.63) is 69.4 Å². The van der Waals surface area contributed by atoms with Crippen molar-refractivity contribution in [3.63, 3.8) is 0 Å². The highest BCUT2D eigenvalue weighted by molar-refractivity contribution is 8.00. The molecule has 0 saturated carbocycles. The molecule has 2 aromatic heterocycles. The third-order valence-corrected chi connectivity index (χ3v) is 6.95. The van der Waals surface area contributed by atoms with Gasteiger partial charge in [-0.3, -0.25) is 14.2 Å². The van der Waals surface area contributed by atoms with E-state index in [1.165, 1.54) is 34.8 Å². The van der Waals surface area contributed by atoms with Gasteiger partial charge in [-0.25, -0.2) is 14.3 Å². The molecule has 2 aromatic carbocycles. The molecule has 1 N–H and O–H groups in total. The molecule has 4 rings (SSSR count). The van der Waals surface area contributed by atoms with Crippen LogP contribution in [0.5, 0.6) is 11.5 Å². The molecule has 0 atom stereocenters. The maximum atomic E-state index is 13.6. The van der Waals surface area contributed by atoms with Crippen LogP contribution in [0.25, 0.3) is 16.0 Å². The molecule has 0 aliphatic carbocycles. The molecule has 0 aliphatic heterocycles. The van der Waals surface area contributed by atoms with E-state index >= 15 is 0 Å². The van der Waals surface area contributed by atoms with Crippen LogP contribution in [0, 0.1) is 0 Å². The molecule has 0 aliphatic rings. The van der Waals surface area contributed by atoms with E-state index in [2.05, 4.69) is 10.3 Å². The zero-order valence-corrected chi connectivity index (χ0v) is 20.4. The number of thiazole rings is 1. The van der Waals surface area contributed by atoms with Gasteiger partial charge in [-0.15, -0.1) is 11.3 Å². The van der Waals surface area contributed by atoms with Gasteiger partial charge in [0.05, 0.1) is 25.1 Å². The quantitative estimate of drug-likeness (QED) is 0.371. The minimum Gasteiger partial charge on any atom is -0.495 e. The van der Waals surface area contributed by atoms with Crippen LogP contribution in [-0.4, -0.2) is 40.0 Å². The van der Waals surface area contributed by atoms with Crippen molar-refractivity contribution in [3.8, 4) is 17.2 Å². The van der Waals surface area contributed by atoms with Crippen molar-refractivity contribution in [2.75, 3.05) is 25.3 Å². The van der Waals surface area contributed by atoms with Gasteiger partial charge in [0.25, 0.3) is 5.56 Å². The van der Waals surface area contributed by atoms with Crippen LogP contribution in [0.4, 0.5) is 5.69 Å². The van der Waals surface area contributed by atoms with Crippen molar-refractivity contribution in [1.29, 1.82) is 0 Å². The number of benzene rings is 2. The Hall–Kier alpha value is -3.57. The average molecular weight is 499 g/mol. The van der Waals surface area contributed by atoms with Crippen LogP contribution < -0.4 is 26.0 Å². The first-order valence-electron chi connectivity index (χ1n) is 10.3. The molecule has 0 spiro atoms. The number of amides is 1. The van der Waals surface area contributed by atoms with E-state index in [1.54, 1.807) is 48.5 Å². The van der Waals surface area contributed by atoms with Gasteiger partial charge in [0, 0.05) is 0 Å². The fourth-order valence-electron chi connectivity index (χ4n) is 3.46. The van der Waals surface area contributed by atoms with E-state index in [4.69, 9.17) is 9.47 Å². The molecule has 11 heteroatoms. The number of carbonyl (C=O) groups is 1. The Balaban J connectivity index is 1.84. The maximum Gasteiger partial charge on any atom is 0.337 e. The van der Waals surface area contributed by atoms with Crippen LogP contribution >= 0.6 is 23.1 Å². The van der Waals surface area contributed by atoms with Crippen LogP contribution in [0.3, 0.4) is 0 Å². The smallest absolute Gasteiger partial charge is 0.337 e. The molecule has 0 unspecified atom stereocenters. The summed E-state index contributed by atoms with van der Waals surface area (Å²) in [6.45, 7) is 1.94. The predicted octanol–water partition coefficient (Wildman–Crippen LogP) is 3.38. The van der Waals surface area contributed by atoms with Gasteiger partial charge in [-0.05, 0) is 37.4 Å². The first kappa shape index (κ1) is 23.6. The topological polar surface area (TPSA) is 104 Å². The number of fused-ring (bicyclic) bond motifs is 1. The third-order valence-electron chi connectivity index (χ3n) is 4.93. The number of anilines is 1. The van der Waals surface area contributed by atoms with Crippen molar-refractivity contribution in [2.24, 2.45) is 0 Å². The number of ether oxygens (including phenoxy) is 2. The standard InChI is InChI=1S/C23H22N4O5S2/c1-4-32-16-11-7-5-9-14(16)24-18(28)13-26-20-19(34-22(25-20)33-3)21(29)27(23(26)30)15-10-6-8-12-17(15)31-2/h5-12H,4,13H2,1-3H3,(H,24,28). The summed E-state index contributed by atoms with van der Waals surface area (Å²) in [7, 11) is 1.46. The van der Waals surface area contributed by atoms with E-state index in [1.807, 2.05) is 13.2 Å². The second-order valence-electron chi connectivity index (χ2n) is 7.00. The SMILES string of the molecule is CCOc1ccccc1NC(=O)Cn1c(=O)n(-c2ccccc2OC)c(=O)c2sc(SC)nc21. The van der Waals surface area contributed by atoms with Gasteiger partial charge >= 0.3 is 5.69 Å². The first-order chi connectivity index (χ1) is 16.5. The predicted molar refractivity (Wildman–Crippen MR) is 134 cm³/mol. The molecule has 0 bridgehead atoms. The Labute approximate surface area is 203 Å². The van der Waals surface area contributed by atoms with Gasteiger partial charge in [-0.2, -0.15) is 0 Å². The lowest BCUT2D eigenvalue weighted by atomic mass is 10.3. The number of hydrogen-bond acceptors (Lipinski definition) is 8. The number of thioether (sulfide) groups is 1. The van der Waals surface area contributed by atoms with Gasteiger partial charge in [-0.1, -0.05) is 36.0 Å². The summed E-state index contributed by atoms with van der Waals surface area (Å²) in [4.78, 5) is 44.3. The van der Waals surface area contributed by atoms with Crippen LogP contribution in [-0.2, 0) is 11.3 Å². The van der Waals surface area contributed by atoms with E-state index in [0.717, 1.165) is 4.57 Å². The number of carbonyl (C=O) groups excluding carboxylic acids is 1. The molecule has 9 nitrogen and oxygen atoms in total. The Bertz CT molecular complexity index is 1470. The van der Waals surface area contributed by atoms with Crippen molar-refractivity contribution in [1.82, 2.24) is 14.1 Å². The molecule has 1 amide bonds. The number of rotatable bonds is 8. The van der Waals surface area contributed by atoms with Crippen molar-refractivity contribution < 1.29 is 14.3 Å². The van der Waals surface area contributed by atoms with Crippen LogP contribution in [0.15, 0.2) is 62.5 Å². The number of hydrogen-bond donors (Lipinski definition) is 1. The maximum absolute atomic E-state index is 13.6. The molecule has 2 heterocycles. The molecule has 34 heavy (non-hydrogen) atoms. The molecule has 176 valence electrons. The number of nitrogens with one attached hydrogen (secondary N) is 1. The summed E-state index contributed by atoms with van der Waals surface area (Å²) in [5.74, 6) is 0.421. The van der Waals surface area contributed by atoms with E-state index in [9.17, 15) is 14.4 Å². The Morgan fingerprint density at radius 3 is 2.53 bits per heavy atom. The normalized spacial score (nSPS) is 10.9. The Kier molecular flexibility index (Phi) is 7.03. The first-order valence-corrected chi connectivity index (χ1v) is 12.4. The molecule has 0 saturated heterocycles. The third kappa shape index (κ3) is 4.44. The number of nitrogens with zero attached hydrogens (tertiary/aromatic N) is 3. The van der Waals surface area contributed by atoms with Gasteiger partial charge in [0.1, 0.15) is 22.7 Å². The summed E-state index contributed by atoms with van der Waals surface area (Å²) in [6.07, 6.45) is 1.83. The fraction of sp³-hybridized carbons (Fsp3) is 0.217. The largest absolute Gasteiger partial charge is 0.495 e. The molecular formula is C23H22N4O5S2. The lowest BCUT2D eigenvalue weighted by Crippen LogP contribution is -2.40. The van der Waals surface area contributed by atoms with Crippen molar-refractivity contribution in [2.45, 2.75) is 17.8 Å². The summed E-state index contributed by atoms with van der Waals surface area (Å²) in [6, 6.07) is 13.8. The number of methoxy groups -OCH3 is 1. The van der Waals surface area contributed by atoms with Crippen LogP contribution in [0.2, 0.25) is 0 Å². The van der Waals surface area contributed by atoms with E-state index < -0.39 is 17.2 Å². The number of aromatic nitrogens is 3. The summed E-state index contributed by atoms with van der Waals surface area (Å²) in [5.41, 5.74) is -0.255. The molecule has 4 aromatic rings. The second-order valence-corrected chi connectivity index (χ2v) is 9.05. The van der Waals surface area contributed by atoms with E-state index in [0.29, 0.717) is 28.1 Å².